The van der Waals surface area contributed by atoms with Crippen molar-refractivity contribution in [2.75, 3.05) is 12.1 Å². The molecule has 0 saturated carbocycles. The number of ether oxygens (including phenoxy) is 2. The minimum Gasteiger partial charge on any atom is -0.480 e. The maximum absolute atomic E-state index is 11.1. The monoisotopic (exact) mass is 252 g/mol. The summed E-state index contributed by atoms with van der Waals surface area (Å²) in [5, 5.41) is 11.5. The molecule has 0 spiro atoms. The number of hydrogen-bond acceptors (Lipinski definition) is 5. The van der Waals surface area contributed by atoms with Crippen molar-refractivity contribution in [3.05, 3.63) is 17.7 Å². The van der Waals surface area contributed by atoms with Crippen molar-refractivity contribution in [2.24, 2.45) is 5.73 Å². The second kappa shape index (κ2) is 4.53. The van der Waals surface area contributed by atoms with Gasteiger partial charge in [-0.1, -0.05) is 0 Å². The van der Waals surface area contributed by atoms with Crippen molar-refractivity contribution < 1.29 is 24.2 Å². The molecule has 1 heterocycles. The first-order valence-electron chi connectivity index (χ1n) is 5.18. The number of carboxylic acid groups (broad SMARTS) is 1. The predicted molar refractivity (Wildman–Crippen MR) is 61.4 cm³/mol. The molecule has 1 aromatic rings. The molecule has 1 atom stereocenters. The van der Waals surface area contributed by atoms with E-state index in [-0.39, 0.29) is 18.3 Å². The van der Waals surface area contributed by atoms with Gasteiger partial charge in [0.05, 0.1) is 5.69 Å². The van der Waals surface area contributed by atoms with Crippen molar-refractivity contribution in [1.82, 2.24) is 0 Å². The Balaban J connectivity index is 2.47. The molecular weight excluding hydrogens is 240 g/mol. The van der Waals surface area contributed by atoms with Gasteiger partial charge in [-0.2, -0.15) is 0 Å². The van der Waals surface area contributed by atoms with Gasteiger partial charge in [-0.05, 0) is 6.07 Å². The summed E-state index contributed by atoms with van der Waals surface area (Å²) in [6, 6.07) is 1.72. The largest absolute Gasteiger partial charge is 0.480 e. The van der Waals surface area contributed by atoms with E-state index >= 15 is 0 Å². The minimum absolute atomic E-state index is 0.0562. The lowest BCUT2D eigenvalue weighted by Crippen LogP contribution is -2.22. The fourth-order valence-corrected chi connectivity index (χ4v) is 1.65. The van der Waals surface area contributed by atoms with Gasteiger partial charge in [0.25, 0.3) is 0 Å². The van der Waals surface area contributed by atoms with Gasteiger partial charge >= 0.3 is 5.97 Å². The quantitative estimate of drug-likeness (QED) is 0.720. The Morgan fingerprint density at radius 1 is 1.39 bits per heavy atom. The topological polar surface area (TPSA) is 111 Å². The van der Waals surface area contributed by atoms with Gasteiger partial charge in [-0.15, -0.1) is 0 Å². The molecule has 96 valence electrons. The van der Waals surface area contributed by atoms with E-state index in [2.05, 4.69) is 5.32 Å². The lowest BCUT2D eigenvalue weighted by Gasteiger charge is -2.14. The van der Waals surface area contributed by atoms with Crippen LogP contribution in [0.1, 0.15) is 18.5 Å². The standard InChI is InChI=1S/C11H12N2O5/c1-5(14)13-7-3-9-8(17-4-18-9)2-6(7)10(12)11(15)16/h2-3,10H,4,12H2,1H3,(H,13,14)(H,15,16)/t10-/m0/s1. The highest BCUT2D eigenvalue weighted by Gasteiger charge is 2.24. The first kappa shape index (κ1) is 12.2. The van der Waals surface area contributed by atoms with Gasteiger partial charge in [-0.3, -0.25) is 9.59 Å². The summed E-state index contributed by atoms with van der Waals surface area (Å²) in [5.74, 6) is -0.663. The maximum atomic E-state index is 11.1. The number of nitrogens with two attached hydrogens (primary N) is 1. The Hall–Kier alpha value is -2.28. The van der Waals surface area contributed by atoms with Crippen LogP contribution in [0, 0.1) is 0 Å². The molecule has 1 aromatic carbocycles. The molecule has 0 saturated heterocycles. The molecule has 7 heteroatoms. The normalized spacial score (nSPS) is 14.1. The molecule has 1 aliphatic heterocycles. The molecule has 2 rings (SSSR count). The number of amides is 1. The third-order valence-corrected chi connectivity index (χ3v) is 2.46. The van der Waals surface area contributed by atoms with E-state index < -0.39 is 12.0 Å². The molecule has 7 nitrogen and oxygen atoms in total. The molecule has 1 amide bonds. The second-order valence-corrected chi connectivity index (χ2v) is 3.79. The van der Waals surface area contributed by atoms with E-state index in [4.69, 9.17) is 20.3 Å². The van der Waals surface area contributed by atoms with Crippen LogP contribution in [-0.2, 0) is 9.59 Å². The number of aliphatic carboxylic acids is 1. The highest BCUT2D eigenvalue weighted by Crippen LogP contribution is 2.38. The highest BCUT2D eigenvalue weighted by atomic mass is 16.7. The summed E-state index contributed by atoms with van der Waals surface area (Å²) >= 11 is 0. The minimum atomic E-state index is -1.25. The molecule has 0 fully saturated rings. The zero-order chi connectivity index (χ0) is 13.3. The van der Waals surface area contributed by atoms with Gasteiger partial charge in [0.1, 0.15) is 6.04 Å². The summed E-state index contributed by atoms with van der Waals surface area (Å²) in [6.45, 7) is 1.38. The Kier molecular flexibility index (Phi) is 3.07. The number of benzene rings is 1. The molecular formula is C11H12N2O5. The van der Waals surface area contributed by atoms with E-state index in [1.165, 1.54) is 19.1 Å². The van der Waals surface area contributed by atoms with Crippen LogP contribution in [0.2, 0.25) is 0 Å². The van der Waals surface area contributed by atoms with E-state index in [0.29, 0.717) is 17.2 Å². The number of carboxylic acids is 1. The summed E-state index contributed by atoms with van der Waals surface area (Å²) in [6.07, 6.45) is 0. The number of rotatable bonds is 3. The third-order valence-electron chi connectivity index (χ3n) is 2.46. The van der Waals surface area contributed by atoms with Crippen molar-refractivity contribution in [3.8, 4) is 11.5 Å². The zero-order valence-corrected chi connectivity index (χ0v) is 9.60. The average molecular weight is 252 g/mol. The Morgan fingerprint density at radius 2 is 2.00 bits per heavy atom. The smallest absolute Gasteiger partial charge is 0.325 e. The fourth-order valence-electron chi connectivity index (χ4n) is 1.65. The van der Waals surface area contributed by atoms with Crippen LogP contribution >= 0.6 is 0 Å². The van der Waals surface area contributed by atoms with Crippen molar-refractivity contribution in [3.63, 3.8) is 0 Å². The maximum Gasteiger partial charge on any atom is 0.325 e. The summed E-state index contributed by atoms with van der Waals surface area (Å²) in [4.78, 5) is 22.0. The van der Waals surface area contributed by atoms with Crippen molar-refractivity contribution >= 4 is 17.6 Å². The van der Waals surface area contributed by atoms with E-state index in [0.717, 1.165) is 0 Å². The number of nitrogens with one attached hydrogen (secondary N) is 1. The zero-order valence-electron chi connectivity index (χ0n) is 9.60. The van der Waals surface area contributed by atoms with Gasteiger partial charge in [0, 0.05) is 18.6 Å². The average Bonchev–Trinajstić information content (AvgIpc) is 2.73. The third kappa shape index (κ3) is 2.21. The van der Waals surface area contributed by atoms with Gasteiger partial charge in [-0.25, -0.2) is 0 Å². The molecule has 0 aliphatic carbocycles. The highest BCUT2D eigenvalue weighted by molar-refractivity contribution is 5.92. The van der Waals surface area contributed by atoms with Crippen LogP contribution in [0.5, 0.6) is 11.5 Å². The first-order valence-corrected chi connectivity index (χ1v) is 5.18. The SMILES string of the molecule is CC(=O)Nc1cc2c(cc1[C@H](N)C(=O)O)OCO2. The lowest BCUT2D eigenvalue weighted by atomic mass is 10.0. The van der Waals surface area contributed by atoms with Gasteiger partial charge in [0.2, 0.25) is 12.7 Å². The lowest BCUT2D eigenvalue weighted by molar-refractivity contribution is -0.138. The number of carbonyl (C=O) groups excluding carboxylic acids is 1. The van der Waals surface area contributed by atoms with Crippen LogP contribution in [-0.4, -0.2) is 23.8 Å². The molecule has 0 radical (unpaired) electrons. The van der Waals surface area contributed by atoms with E-state index in [1.54, 1.807) is 0 Å². The molecule has 0 bridgehead atoms. The summed E-state index contributed by atoms with van der Waals surface area (Å²) in [5.41, 5.74) is 6.13. The number of hydrogen-bond donors (Lipinski definition) is 3. The van der Waals surface area contributed by atoms with Gasteiger partial charge < -0.3 is 25.6 Å². The van der Waals surface area contributed by atoms with Crippen LogP contribution in [0.3, 0.4) is 0 Å². The Bertz CT molecular complexity index is 514. The van der Waals surface area contributed by atoms with Crippen molar-refractivity contribution in [1.29, 1.82) is 0 Å². The summed E-state index contributed by atoms with van der Waals surface area (Å²) < 4.78 is 10.3. The van der Waals surface area contributed by atoms with E-state index in [9.17, 15) is 9.59 Å². The number of fused-ring (bicyclic) bond motifs is 1. The fraction of sp³-hybridized carbons (Fsp3) is 0.273. The molecule has 18 heavy (non-hydrogen) atoms. The first-order chi connectivity index (χ1) is 8.49. The molecule has 1 aliphatic rings. The Morgan fingerprint density at radius 3 is 2.56 bits per heavy atom. The van der Waals surface area contributed by atoms with Crippen molar-refractivity contribution in [2.45, 2.75) is 13.0 Å². The molecule has 0 unspecified atom stereocenters. The van der Waals surface area contributed by atoms with Crippen LogP contribution in [0.15, 0.2) is 12.1 Å². The number of carbonyl (C=O) groups is 2. The van der Waals surface area contributed by atoms with Crippen LogP contribution in [0.4, 0.5) is 5.69 Å². The second-order valence-electron chi connectivity index (χ2n) is 3.79. The summed E-state index contributed by atoms with van der Waals surface area (Å²) in [7, 11) is 0. The number of anilines is 1. The molecule has 0 aromatic heterocycles. The van der Waals surface area contributed by atoms with Gasteiger partial charge in [0.15, 0.2) is 11.5 Å². The van der Waals surface area contributed by atoms with Crippen LogP contribution < -0.4 is 20.5 Å². The Labute approximate surface area is 102 Å². The van der Waals surface area contributed by atoms with Crippen LogP contribution in [0.25, 0.3) is 0 Å². The van der Waals surface area contributed by atoms with E-state index in [1.807, 2.05) is 0 Å². The molecule has 4 N–H and O–H groups in total. The predicted octanol–water partition coefficient (Wildman–Crippen LogP) is 0.458.